The molecule has 1 atom stereocenters. The molecule has 192 valence electrons. The number of anilines is 4. The van der Waals surface area contributed by atoms with E-state index in [2.05, 4.69) is 60.1 Å². The number of pyridine rings is 1. The summed E-state index contributed by atoms with van der Waals surface area (Å²) >= 11 is 0. The fourth-order valence-corrected chi connectivity index (χ4v) is 5.85. The highest BCUT2D eigenvalue weighted by Gasteiger charge is 2.27. The summed E-state index contributed by atoms with van der Waals surface area (Å²) < 4.78 is 16.2. The first-order valence-electron chi connectivity index (χ1n) is 12.6. The molecule has 0 bridgehead atoms. The number of nitrogens with zero attached hydrogens (tertiary/aromatic N) is 6. The Morgan fingerprint density at radius 1 is 1.14 bits per heavy atom. The van der Waals surface area contributed by atoms with Crippen LogP contribution in [0.15, 0.2) is 40.9 Å². The summed E-state index contributed by atoms with van der Waals surface area (Å²) in [5, 5.41) is 16.1. The van der Waals surface area contributed by atoms with E-state index in [-0.39, 0.29) is 0 Å². The first-order chi connectivity index (χ1) is 17.8. The average molecular weight is 517 g/mol. The number of benzene rings is 1. The zero-order valence-corrected chi connectivity index (χ0v) is 22.3. The van der Waals surface area contributed by atoms with E-state index in [4.69, 9.17) is 0 Å². The van der Waals surface area contributed by atoms with Crippen LogP contribution in [0, 0.1) is 11.3 Å². The first-order valence-corrected chi connectivity index (χ1v) is 14.9. The van der Waals surface area contributed by atoms with E-state index in [0.717, 1.165) is 25.2 Å². The second kappa shape index (κ2) is 10.4. The molecule has 0 saturated carbocycles. The van der Waals surface area contributed by atoms with Gasteiger partial charge in [0.1, 0.15) is 17.5 Å². The molecule has 0 fully saturated rings. The molecule has 3 heterocycles. The van der Waals surface area contributed by atoms with Crippen molar-refractivity contribution in [2.75, 3.05) is 36.7 Å². The molecule has 2 aliphatic rings. The van der Waals surface area contributed by atoms with Crippen molar-refractivity contribution < 1.29 is 4.21 Å². The van der Waals surface area contributed by atoms with E-state index >= 15 is 0 Å². The average Bonchev–Trinajstić information content (AvgIpc) is 2.81. The Balaban J connectivity index is 1.44. The van der Waals surface area contributed by atoms with E-state index in [1.807, 2.05) is 0 Å². The van der Waals surface area contributed by atoms with Gasteiger partial charge < -0.3 is 15.5 Å². The van der Waals surface area contributed by atoms with Gasteiger partial charge in [-0.3, -0.25) is 0 Å². The maximum atomic E-state index is 12.1. The van der Waals surface area contributed by atoms with Gasteiger partial charge in [0.05, 0.1) is 6.20 Å². The SMILES string of the molecule is CN1Cc2cc(Nc3ncc(C#N)c(Nc4cccc(N=S(C)(C)=O)n4)n3)cc3c2C(CCCCC3)C1. The van der Waals surface area contributed by atoms with Crippen molar-refractivity contribution in [2.45, 2.75) is 44.6 Å². The van der Waals surface area contributed by atoms with Crippen LogP contribution >= 0.6 is 0 Å². The summed E-state index contributed by atoms with van der Waals surface area (Å²) in [6, 6.07) is 11.8. The maximum absolute atomic E-state index is 12.1. The number of nitriles is 1. The molecule has 9 nitrogen and oxygen atoms in total. The van der Waals surface area contributed by atoms with E-state index < -0.39 is 9.73 Å². The quantitative estimate of drug-likeness (QED) is 0.473. The second-order valence-electron chi connectivity index (χ2n) is 10.2. The predicted molar refractivity (Wildman–Crippen MR) is 147 cm³/mol. The third-order valence-electron chi connectivity index (χ3n) is 6.69. The highest BCUT2D eigenvalue weighted by molar-refractivity contribution is 7.92. The van der Waals surface area contributed by atoms with Crippen LogP contribution in [0.25, 0.3) is 0 Å². The van der Waals surface area contributed by atoms with E-state index in [9.17, 15) is 9.47 Å². The first kappa shape index (κ1) is 25.1. The fraction of sp³-hybridized carbons (Fsp3) is 0.407. The van der Waals surface area contributed by atoms with Gasteiger partial charge in [0.25, 0.3) is 0 Å². The van der Waals surface area contributed by atoms with Crippen molar-refractivity contribution in [2.24, 2.45) is 4.36 Å². The zero-order valence-electron chi connectivity index (χ0n) is 21.5. The molecule has 2 N–H and O–H groups in total. The van der Waals surface area contributed by atoms with Gasteiger partial charge in [0.2, 0.25) is 5.95 Å². The number of aryl methyl sites for hydroxylation is 1. The van der Waals surface area contributed by atoms with Crippen LogP contribution in [-0.4, -0.2) is 50.2 Å². The predicted octanol–water partition coefficient (Wildman–Crippen LogP) is 5.24. The van der Waals surface area contributed by atoms with Crippen molar-refractivity contribution in [3.63, 3.8) is 0 Å². The normalized spacial score (nSPS) is 17.6. The van der Waals surface area contributed by atoms with E-state index in [0.29, 0.717) is 34.9 Å². The van der Waals surface area contributed by atoms with Gasteiger partial charge in [0.15, 0.2) is 11.6 Å². The van der Waals surface area contributed by atoms with Crippen LogP contribution in [0.2, 0.25) is 0 Å². The van der Waals surface area contributed by atoms with Gasteiger partial charge in [-0.1, -0.05) is 18.9 Å². The number of hydrogen-bond donors (Lipinski definition) is 2. The minimum Gasteiger partial charge on any atom is -0.324 e. The Bertz CT molecular complexity index is 1460. The Morgan fingerprint density at radius 2 is 1.97 bits per heavy atom. The summed E-state index contributed by atoms with van der Waals surface area (Å²) in [5.41, 5.74) is 5.60. The van der Waals surface area contributed by atoms with Gasteiger partial charge in [-0.15, -0.1) is 0 Å². The Morgan fingerprint density at radius 3 is 2.78 bits per heavy atom. The topological polar surface area (TPSA) is 119 Å². The molecule has 1 aliphatic carbocycles. The number of aromatic nitrogens is 3. The van der Waals surface area contributed by atoms with Gasteiger partial charge in [0, 0.05) is 41.0 Å². The van der Waals surface area contributed by atoms with Crippen molar-refractivity contribution in [1.29, 1.82) is 5.26 Å². The van der Waals surface area contributed by atoms with E-state index in [1.165, 1.54) is 43.0 Å². The summed E-state index contributed by atoms with van der Waals surface area (Å²) in [6.07, 6.45) is 10.7. The van der Waals surface area contributed by atoms with Crippen molar-refractivity contribution in [1.82, 2.24) is 19.9 Å². The third kappa shape index (κ3) is 6.06. The Labute approximate surface area is 218 Å². The molecule has 1 aliphatic heterocycles. The van der Waals surface area contributed by atoms with E-state index in [1.54, 1.807) is 36.3 Å². The molecule has 0 radical (unpaired) electrons. The Kier molecular flexibility index (Phi) is 7.09. The fourth-order valence-electron chi connectivity index (χ4n) is 5.29. The molecule has 0 spiro atoms. The molecule has 37 heavy (non-hydrogen) atoms. The highest BCUT2D eigenvalue weighted by Crippen LogP contribution is 2.38. The van der Waals surface area contributed by atoms with Crippen LogP contribution in [0.5, 0.6) is 0 Å². The monoisotopic (exact) mass is 516 g/mol. The number of rotatable bonds is 5. The maximum Gasteiger partial charge on any atom is 0.229 e. The van der Waals surface area contributed by atoms with Gasteiger partial charge in [-0.25, -0.2) is 14.2 Å². The minimum absolute atomic E-state index is 0.294. The summed E-state index contributed by atoms with van der Waals surface area (Å²) in [6.45, 7) is 2.06. The number of likely N-dealkylation sites (N-methyl/N-ethyl adjacent to an activating group) is 1. The standard InChI is InChI=1S/C27H32N8OS/c1-35-16-19-9-6-4-5-8-18-12-22(13-20(17-35)25(18)19)30-27-29-15-21(14-28)26(33-27)32-23-10-7-11-24(31-23)34-37(2,3)36/h7,10-13,15,19H,4-6,8-9,16-17H2,1-3H3,(H2,29,30,31,32,33). The summed E-state index contributed by atoms with van der Waals surface area (Å²) in [4.78, 5) is 15.8. The zero-order chi connectivity index (χ0) is 26.0. The highest BCUT2D eigenvalue weighted by atomic mass is 32.2. The summed E-state index contributed by atoms with van der Waals surface area (Å²) in [7, 11) is -0.154. The molecule has 5 rings (SSSR count). The molecule has 0 saturated heterocycles. The lowest BCUT2D eigenvalue weighted by Gasteiger charge is -2.35. The van der Waals surface area contributed by atoms with Crippen LogP contribution in [-0.2, 0) is 22.7 Å². The smallest absolute Gasteiger partial charge is 0.229 e. The molecular weight excluding hydrogens is 484 g/mol. The lowest BCUT2D eigenvalue weighted by atomic mass is 9.79. The van der Waals surface area contributed by atoms with Gasteiger partial charge in [-0.05, 0) is 73.2 Å². The lowest BCUT2D eigenvalue weighted by Crippen LogP contribution is -2.32. The summed E-state index contributed by atoms with van der Waals surface area (Å²) in [5.74, 6) is 2.13. The number of nitrogens with one attached hydrogen (secondary N) is 2. The largest absolute Gasteiger partial charge is 0.324 e. The molecule has 1 unspecified atom stereocenters. The molecule has 3 aromatic rings. The van der Waals surface area contributed by atoms with Gasteiger partial charge >= 0.3 is 0 Å². The third-order valence-corrected chi connectivity index (χ3v) is 7.32. The minimum atomic E-state index is -2.35. The Hall–Kier alpha value is -3.55. The lowest BCUT2D eigenvalue weighted by molar-refractivity contribution is 0.269. The second-order valence-corrected chi connectivity index (χ2v) is 12.7. The van der Waals surface area contributed by atoms with Crippen LogP contribution in [0.3, 0.4) is 0 Å². The van der Waals surface area contributed by atoms with Crippen LogP contribution in [0.1, 0.15) is 53.9 Å². The molecule has 10 heteroatoms. The van der Waals surface area contributed by atoms with Gasteiger partial charge in [-0.2, -0.15) is 14.6 Å². The van der Waals surface area contributed by atoms with Crippen molar-refractivity contribution in [3.8, 4) is 6.07 Å². The van der Waals surface area contributed by atoms with Crippen LogP contribution in [0.4, 0.5) is 29.1 Å². The van der Waals surface area contributed by atoms with Crippen LogP contribution < -0.4 is 10.6 Å². The molecule has 0 amide bonds. The number of hydrogen-bond acceptors (Lipinski definition) is 9. The molecular formula is C27H32N8OS. The van der Waals surface area contributed by atoms with Crippen molar-refractivity contribution in [3.05, 3.63) is 58.8 Å². The molecule has 1 aromatic carbocycles. The molecule has 2 aromatic heterocycles. The van der Waals surface area contributed by atoms with Crippen molar-refractivity contribution >= 4 is 38.8 Å².